The Morgan fingerprint density at radius 1 is 1.12 bits per heavy atom. The summed E-state index contributed by atoms with van der Waals surface area (Å²) in [5.74, 6) is -0.156. The molecule has 3 heterocycles. The van der Waals surface area contributed by atoms with Gasteiger partial charge in [-0.05, 0) is 24.3 Å². The molecule has 5 rings (SSSR count). The van der Waals surface area contributed by atoms with Gasteiger partial charge in [-0.15, -0.1) is 11.3 Å². The summed E-state index contributed by atoms with van der Waals surface area (Å²) in [6.45, 7) is 0. The fourth-order valence-electron chi connectivity index (χ4n) is 2.98. The molecule has 26 heavy (non-hydrogen) atoms. The summed E-state index contributed by atoms with van der Waals surface area (Å²) >= 11 is 1.60. The lowest BCUT2D eigenvalue weighted by molar-refractivity contribution is 0.102. The Labute approximate surface area is 152 Å². The van der Waals surface area contributed by atoms with Crippen LogP contribution in [0.4, 0.5) is 5.69 Å². The molecule has 0 unspecified atom stereocenters. The molecule has 5 nitrogen and oxygen atoms in total. The molecule has 0 radical (unpaired) electrons. The lowest BCUT2D eigenvalue weighted by Crippen LogP contribution is -2.12. The van der Waals surface area contributed by atoms with Crippen LogP contribution in [-0.2, 0) is 0 Å². The second-order valence-corrected chi connectivity index (χ2v) is 6.89. The van der Waals surface area contributed by atoms with Gasteiger partial charge in [0.15, 0.2) is 4.96 Å². The molecule has 0 aliphatic rings. The van der Waals surface area contributed by atoms with Gasteiger partial charge < -0.3 is 10.3 Å². The molecule has 0 bridgehead atoms. The average molecular weight is 358 g/mol. The summed E-state index contributed by atoms with van der Waals surface area (Å²) in [6.07, 6.45) is 4.00. The summed E-state index contributed by atoms with van der Waals surface area (Å²) in [5.41, 5.74) is 4.19. The molecule has 0 atom stereocenters. The fraction of sp³-hybridized carbons (Fsp3) is 0. The van der Waals surface area contributed by atoms with Crippen LogP contribution in [-0.4, -0.2) is 20.3 Å². The van der Waals surface area contributed by atoms with Gasteiger partial charge in [-0.25, -0.2) is 4.98 Å². The van der Waals surface area contributed by atoms with Crippen molar-refractivity contribution in [3.05, 3.63) is 78.1 Å². The van der Waals surface area contributed by atoms with Gasteiger partial charge in [0.05, 0.1) is 5.69 Å². The Morgan fingerprint density at radius 3 is 2.77 bits per heavy atom. The van der Waals surface area contributed by atoms with Gasteiger partial charge in [-0.1, -0.05) is 30.3 Å². The maximum atomic E-state index is 12.5. The largest absolute Gasteiger partial charge is 0.351 e. The van der Waals surface area contributed by atoms with E-state index in [9.17, 15) is 4.79 Å². The molecule has 1 amide bonds. The van der Waals surface area contributed by atoms with Crippen molar-refractivity contribution in [2.75, 3.05) is 5.32 Å². The topological polar surface area (TPSA) is 62.2 Å². The number of aromatic amines is 1. The van der Waals surface area contributed by atoms with Crippen LogP contribution in [0.1, 0.15) is 10.5 Å². The molecule has 0 saturated heterocycles. The minimum atomic E-state index is -0.156. The zero-order valence-corrected chi connectivity index (χ0v) is 14.5. The average Bonchev–Trinajstić information content (AvgIpc) is 3.36. The van der Waals surface area contributed by atoms with Crippen molar-refractivity contribution >= 4 is 38.8 Å². The van der Waals surface area contributed by atoms with Gasteiger partial charge >= 0.3 is 0 Å². The maximum absolute atomic E-state index is 12.5. The molecule has 126 valence electrons. The predicted octanol–water partition coefficient (Wildman–Crippen LogP) is 4.80. The van der Waals surface area contributed by atoms with Crippen LogP contribution in [0.15, 0.2) is 72.4 Å². The van der Waals surface area contributed by atoms with E-state index >= 15 is 0 Å². The van der Waals surface area contributed by atoms with Crippen molar-refractivity contribution < 1.29 is 4.79 Å². The SMILES string of the molecule is O=C(Nc1ccc(-c2cn3ccsc3n2)cc1)c1cc2ccccc2[nH]1. The molecule has 3 aromatic heterocycles. The molecule has 6 heteroatoms. The number of imidazole rings is 1. The van der Waals surface area contributed by atoms with Crippen molar-refractivity contribution in [1.29, 1.82) is 0 Å². The van der Waals surface area contributed by atoms with Gasteiger partial charge in [-0.2, -0.15) is 0 Å². The number of fused-ring (bicyclic) bond motifs is 2. The van der Waals surface area contributed by atoms with E-state index in [1.54, 1.807) is 11.3 Å². The molecular formula is C20H14N4OS. The number of hydrogen-bond donors (Lipinski definition) is 2. The Kier molecular flexibility index (Phi) is 3.36. The van der Waals surface area contributed by atoms with Crippen LogP contribution in [0, 0.1) is 0 Å². The Bertz CT molecular complexity index is 1170. The van der Waals surface area contributed by atoms with E-state index < -0.39 is 0 Å². The Morgan fingerprint density at radius 2 is 1.96 bits per heavy atom. The first-order valence-corrected chi connectivity index (χ1v) is 9.06. The number of rotatable bonds is 3. The van der Waals surface area contributed by atoms with Gasteiger partial charge in [0, 0.05) is 39.9 Å². The summed E-state index contributed by atoms with van der Waals surface area (Å²) in [6, 6.07) is 17.4. The van der Waals surface area contributed by atoms with Crippen molar-refractivity contribution in [2.45, 2.75) is 0 Å². The first-order chi connectivity index (χ1) is 12.8. The number of hydrogen-bond acceptors (Lipinski definition) is 3. The van der Waals surface area contributed by atoms with Crippen LogP contribution < -0.4 is 5.32 Å². The van der Waals surface area contributed by atoms with E-state index in [1.807, 2.05) is 76.8 Å². The minimum absolute atomic E-state index is 0.156. The molecule has 0 saturated carbocycles. The Hall–Kier alpha value is -3.38. The number of benzene rings is 2. The first-order valence-electron chi connectivity index (χ1n) is 8.18. The number of amides is 1. The second-order valence-electron chi connectivity index (χ2n) is 6.02. The van der Waals surface area contributed by atoms with Crippen molar-refractivity contribution in [2.24, 2.45) is 0 Å². The minimum Gasteiger partial charge on any atom is -0.351 e. The Balaban J connectivity index is 1.37. The highest BCUT2D eigenvalue weighted by molar-refractivity contribution is 7.15. The third-order valence-electron chi connectivity index (χ3n) is 4.31. The van der Waals surface area contributed by atoms with Gasteiger partial charge in [0.2, 0.25) is 0 Å². The van der Waals surface area contributed by atoms with Crippen LogP contribution >= 0.6 is 11.3 Å². The number of thiazole rings is 1. The van der Waals surface area contributed by atoms with Crippen molar-refractivity contribution in [1.82, 2.24) is 14.4 Å². The quantitative estimate of drug-likeness (QED) is 0.487. The summed E-state index contributed by atoms with van der Waals surface area (Å²) in [4.78, 5) is 21.2. The van der Waals surface area contributed by atoms with Gasteiger partial charge in [0.1, 0.15) is 5.69 Å². The normalized spacial score (nSPS) is 11.2. The number of carbonyl (C=O) groups excluding carboxylic acids is 1. The number of H-pyrrole nitrogens is 1. The highest BCUT2D eigenvalue weighted by Gasteiger charge is 2.10. The van der Waals surface area contributed by atoms with E-state index in [4.69, 9.17) is 0 Å². The van der Waals surface area contributed by atoms with Gasteiger partial charge in [0.25, 0.3) is 5.91 Å². The van der Waals surface area contributed by atoms with Crippen LogP contribution in [0.25, 0.3) is 27.1 Å². The molecule has 0 aliphatic carbocycles. The number of carbonyl (C=O) groups is 1. The number of nitrogens with zero attached hydrogens (tertiary/aromatic N) is 2. The third kappa shape index (κ3) is 2.57. The summed E-state index contributed by atoms with van der Waals surface area (Å²) < 4.78 is 2.01. The standard InChI is InChI=1S/C20H14N4OS/c25-19(17-11-14-3-1-2-4-16(14)22-17)21-15-7-5-13(6-8-15)18-12-24-9-10-26-20(24)23-18/h1-12,22H,(H,21,25). The monoisotopic (exact) mass is 358 g/mol. The van der Waals surface area contributed by atoms with Crippen molar-refractivity contribution in [3.8, 4) is 11.3 Å². The van der Waals surface area contributed by atoms with Crippen molar-refractivity contribution in [3.63, 3.8) is 0 Å². The van der Waals surface area contributed by atoms with E-state index in [2.05, 4.69) is 15.3 Å². The molecule has 0 fully saturated rings. The smallest absolute Gasteiger partial charge is 0.272 e. The molecule has 0 aliphatic heterocycles. The molecule has 2 aromatic carbocycles. The van der Waals surface area contributed by atoms with Crippen LogP contribution in [0.5, 0.6) is 0 Å². The third-order valence-corrected chi connectivity index (χ3v) is 5.08. The second kappa shape index (κ2) is 5.86. The fourth-order valence-corrected chi connectivity index (χ4v) is 3.69. The van der Waals surface area contributed by atoms with Crippen LogP contribution in [0.2, 0.25) is 0 Å². The van der Waals surface area contributed by atoms with E-state index in [0.717, 1.165) is 32.8 Å². The molecule has 2 N–H and O–H groups in total. The molecular weight excluding hydrogens is 344 g/mol. The number of nitrogens with one attached hydrogen (secondary N) is 2. The lowest BCUT2D eigenvalue weighted by Gasteiger charge is -2.04. The highest BCUT2D eigenvalue weighted by atomic mass is 32.1. The predicted molar refractivity (Wildman–Crippen MR) is 105 cm³/mol. The zero-order chi connectivity index (χ0) is 17.5. The maximum Gasteiger partial charge on any atom is 0.272 e. The van der Waals surface area contributed by atoms with E-state index in [0.29, 0.717) is 5.69 Å². The lowest BCUT2D eigenvalue weighted by atomic mass is 10.1. The van der Waals surface area contributed by atoms with E-state index in [-0.39, 0.29) is 5.91 Å². The highest BCUT2D eigenvalue weighted by Crippen LogP contribution is 2.23. The first kappa shape index (κ1) is 14.9. The van der Waals surface area contributed by atoms with Gasteiger partial charge in [-0.3, -0.25) is 9.20 Å². The summed E-state index contributed by atoms with van der Waals surface area (Å²) in [7, 11) is 0. The molecule has 0 spiro atoms. The van der Waals surface area contributed by atoms with E-state index in [1.165, 1.54) is 0 Å². The zero-order valence-electron chi connectivity index (χ0n) is 13.6. The molecule has 5 aromatic rings. The number of aromatic nitrogens is 3. The van der Waals surface area contributed by atoms with Crippen LogP contribution in [0.3, 0.4) is 0 Å². The number of para-hydroxylation sites is 1. The summed E-state index contributed by atoms with van der Waals surface area (Å²) in [5, 5.41) is 5.96. The number of anilines is 1.